The lowest BCUT2D eigenvalue weighted by atomic mass is 10.2. The first kappa shape index (κ1) is 9.95. The lowest BCUT2D eigenvalue weighted by molar-refractivity contribution is 0.107. The van der Waals surface area contributed by atoms with Gasteiger partial charge < -0.3 is 5.11 Å². The van der Waals surface area contributed by atoms with E-state index in [1.165, 1.54) is 0 Å². The zero-order valence-electron chi connectivity index (χ0n) is 7.37. The predicted octanol–water partition coefficient (Wildman–Crippen LogP) is 1.71. The first-order valence-corrected chi connectivity index (χ1v) is 5.43. The SMILES string of the molecule is Cc1nnc(SCC(C)(C)O)s1. The first-order valence-electron chi connectivity index (χ1n) is 3.63. The average Bonchev–Trinajstić information content (AvgIpc) is 2.30. The molecule has 0 unspecified atom stereocenters. The number of thioether (sulfide) groups is 1. The maximum absolute atomic E-state index is 9.42. The molecule has 0 atom stereocenters. The van der Waals surface area contributed by atoms with Gasteiger partial charge in [-0.25, -0.2) is 0 Å². The third-order valence-electron chi connectivity index (χ3n) is 1.06. The molecule has 0 aliphatic rings. The maximum atomic E-state index is 9.42. The van der Waals surface area contributed by atoms with Crippen molar-refractivity contribution in [3.05, 3.63) is 5.01 Å². The Morgan fingerprint density at radius 3 is 2.58 bits per heavy atom. The fraction of sp³-hybridized carbons (Fsp3) is 0.714. The lowest BCUT2D eigenvalue weighted by Crippen LogP contribution is -2.21. The molecule has 0 amide bonds. The van der Waals surface area contributed by atoms with E-state index in [0.29, 0.717) is 5.75 Å². The highest BCUT2D eigenvalue weighted by atomic mass is 32.2. The minimum Gasteiger partial charge on any atom is -0.390 e. The third kappa shape index (κ3) is 3.51. The molecule has 0 aromatic carbocycles. The molecule has 1 rings (SSSR count). The number of aliphatic hydroxyl groups is 1. The Labute approximate surface area is 80.2 Å². The van der Waals surface area contributed by atoms with Crippen LogP contribution in [0.4, 0.5) is 0 Å². The van der Waals surface area contributed by atoms with Crippen molar-refractivity contribution in [2.45, 2.75) is 30.7 Å². The normalized spacial score (nSPS) is 12.0. The van der Waals surface area contributed by atoms with E-state index >= 15 is 0 Å². The largest absolute Gasteiger partial charge is 0.390 e. The molecule has 1 aromatic rings. The molecule has 0 aliphatic carbocycles. The van der Waals surface area contributed by atoms with Crippen molar-refractivity contribution in [2.24, 2.45) is 0 Å². The van der Waals surface area contributed by atoms with E-state index in [1.54, 1.807) is 36.9 Å². The molecule has 1 aromatic heterocycles. The number of rotatable bonds is 3. The fourth-order valence-electron chi connectivity index (χ4n) is 0.575. The van der Waals surface area contributed by atoms with Gasteiger partial charge in [-0.3, -0.25) is 0 Å². The van der Waals surface area contributed by atoms with E-state index in [4.69, 9.17) is 0 Å². The summed E-state index contributed by atoms with van der Waals surface area (Å²) in [5.74, 6) is 0.654. The molecule has 0 radical (unpaired) electrons. The Morgan fingerprint density at radius 1 is 1.50 bits per heavy atom. The quantitative estimate of drug-likeness (QED) is 0.761. The Kier molecular flexibility index (Phi) is 3.09. The highest BCUT2D eigenvalue weighted by molar-refractivity contribution is 8.01. The maximum Gasteiger partial charge on any atom is 0.174 e. The van der Waals surface area contributed by atoms with Crippen LogP contribution in [0.3, 0.4) is 0 Å². The van der Waals surface area contributed by atoms with Gasteiger partial charge >= 0.3 is 0 Å². The van der Waals surface area contributed by atoms with Crippen LogP contribution in [-0.2, 0) is 0 Å². The highest BCUT2D eigenvalue weighted by Crippen LogP contribution is 2.24. The summed E-state index contributed by atoms with van der Waals surface area (Å²) >= 11 is 3.10. The Morgan fingerprint density at radius 2 is 2.17 bits per heavy atom. The minimum absolute atomic E-state index is 0.635. The van der Waals surface area contributed by atoms with Crippen molar-refractivity contribution in [3.8, 4) is 0 Å². The summed E-state index contributed by atoms with van der Waals surface area (Å²) < 4.78 is 0.926. The summed E-state index contributed by atoms with van der Waals surface area (Å²) in [7, 11) is 0. The molecule has 1 heterocycles. The Bertz CT molecular complexity index is 254. The molecule has 1 N–H and O–H groups in total. The number of aromatic nitrogens is 2. The number of aryl methyl sites for hydroxylation is 1. The van der Waals surface area contributed by atoms with Gasteiger partial charge in [0.1, 0.15) is 5.01 Å². The van der Waals surface area contributed by atoms with Gasteiger partial charge in [0, 0.05) is 5.75 Å². The van der Waals surface area contributed by atoms with Crippen molar-refractivity contribution in [1.29, 1.82) is 0 Å². The van der Waals surface area contributed by atoms with Crippen molar-refractivity contribution in [2.75, 3.05) is 5.75 Å². The number of hydrogen-bond donors (Lipinski definition) is 1. The fourth-order valence-corrected chi connectivity index (χ4v) is 2.34. The van der Waals surface area contributed by atoms with Gasteiger partial charge in [0.2, 0.25) is 0 Å². The molecular weight excluding hydrogens is 192 g/mol. The molecule has 68 valence electrons. The van der Waals surface area contributed by atoms with Gasteiger partial charge in [0.05, 0.1) is 5.60 Å². The van der Waals surface area contributed by atoms with E-state index in [1.807, 2.05) is 6.92 Å². The second-order valence-corrected chi connectivity index (χ2v) is 5.59. The molecule has 0 aliphatic heterocycles. The molecule has 0 saturated carbocycles. The van der Waals surface area contributed by atoms with Gasteiger partial charge in [0.15, 0.2) is 4.34 Å². The molecule has 0 saturated heterocycles. The van der Waals surface area contributed by atoms with E-state index in [9.17, 15) is 5.11 Å². The second-order valence-electron chi connectivity index (χ2n) is 3.19. The van der Waals surface area contributed by atoms with Crippen molar-refractivity contribution >= 4 is 23.1 Å². The molecule has 0 fully saturated rings. The van der Waals surface area contributed by atoms with Crippen molar-refractivity contribution in [3.63, 3.8) is 0 Å². The minimum atomic E-state index is -0.635. The predicted molar refractivity (Wildman–Crippen MR) is 51.7 cm³/mol. The van der Waals surface area contributed by atoms with Gasteiger partial charge in [-0.1, -0.05) is 23.1 Å². The number of hydrogen-bond acceptors (Lipinski definition) is 5. The van der Waals surface area contributed by atoms with E-state index in [0.717, 1.165) is 9.35 Å². The van der Waals surface area contributed by atoms with Crippen LogP contribution in [0.25, 0.3) is 0 Å². The average molecular weight is 204 g/mol. The van der Waals surface area contributed by atoms with Gasteiger partial charge in [-0.2, -0.15) is 0 Å². The smallest absolute Gasteiger partial charge is 0.174 e. The molecule has 0 bridgehead atoms. The van der Waals surface area contributed by atoms with E-state index < -0.39 is 5.60 Å². The van der Waals surface area contributed by atoms with Crippen LogP contribution < -0.4 is 0 Å². The molecular formula is C7H12N2OS2. The monoisotopic (exact) mass is 204 g/mol. The lowest BCUT2D eigenvalue weighted by Gasteiger charge is -2.14. The summed E-state index contributed by atoms with van der Waals surface area (Å²) in [6.07, 6.45) is 0. The third-order valence-corrected chi connectivity index (χ3v) is 3.47. The van der Waals surface area contributed by atoms with Gasteiger partial charge in [-0.05, 0) is 20.8 Å². The highest BCUT2D eigenvalue weighted by Gasteiger charge is 2.14. The van der Waals surface area contributed by atoms with Crippen LogP contribution in [0.1, 0.15) is 18.9 Å². The van der Waals surface area contributed by atoms with Crippen LogP contribution in [0.15, 0.2) is 4.34 Å². The van der Waals surface area contributed by atoms with Crippen molar-refractivity contribution < 1.29 is 5.11 Å². The molecule has 5 heteroatoms. The van der Waals surface area contributed by atoms with Crippen LogP contribution in [0.5, 0.6) is 0 Å². The zero-order valence-corrected chi connectivity index (χ0v) is 9.00. The van der Waals surface area contributed by atoms with Crippen LogP contribution in [0, 0.1) is 6.92 Å². The van der Waals surface area contributed by atoms with Crippen LogP contribution >= 0.6 is 23.1 Å². The topological polar surface area (TPSA) is 46.0 Å². The summed E-state index contributed by atoms with van der Waals surface area (Å²) in [6.45, 7) is 5.49. The second kappa shape index (κ2) is 3.72. The molecule has 12 heavy (non-hydrogen) atoms. The first-order chi connectivity index (χ1) is 5.47. The Hall–Kier alpha value is -0.130. The van der Waals surface area contributed by atoms with Crippen LogP contribution in [0.2, 0.25) is 0 Å². The van der Waals surface area contributed by atoms with Crippen LogP contribution in [-0.4, -0.2) is 26.7 Å². The molecule has 0 spiro atoms. The summed E-state index contributed by atoms with van der Waals surface area (Å²) in [6, 6.07) is 0. The van der Waals surface area contributed by atoms with E-state index in [-0.39, 0.29) is 0 Å². The summed E-state index contributed by atoms with van der Waals surface area (Å²) in [5.41, 5.74) is -0.635. The van der Waals surface area contributed by atoms with Gasteiger partial charge in [0.25, 0.3) is 0 Å². The van der Waals surface area contributed by atoms with Gasteiger partial charge in [-0.15, -0.1) is 10.2 Å². The summed E-state index contributed by atoms with van der Waals surface area (Å²) in [4.78, 5) is 0. The number of nitrogens with zero attached hydrogens (tertiary/aromatic N) is 2. The standard InChI is InChI=1S/C7H12N2OS2/c1-5-8-9-6(12-5)11-4-7(2,3)10/h10H,4H2,1-3H3. The molecule has 3 nitrogen and oxygen atoms in total. The van der Waals surface area contributed by atoms with E-state index in [2.05, 4.69) is 10.2 Å². The zero-order chi connectivity index (χ0) is 9.19. The Balaban J connectivity index is 2.44. The summed E-state index contributed by atoms with van der Waals surface area (Å²) in [5, 5.41) is 18.2. The van der Waals surface area contributed by atoms with Crippen molar-refractivity contribution in [1.82, 2.24) is 10.2 Å².